The average Bonchev–Trinajstić information content (AvgIpc) is 3.59. The number of fused-ring (bicyclic) bond motifs is 1. The number of hydrogen-bond donors (Lipinski definition) is 0. The van der Waals surface area contributed by atoms with Crippen LogP contribution in [0, 0.1) is 0 Å². The first-order valence-electron chi connectivity index (χ1n) is 13.6. The summed E-state index contributed by atoms with van der Waals surface area (Å²) >= 11 is 1.19. The van der Waals surface area contributed by atoms with Crippen molar-refractivity contribution in [1.82, 2.24) is 34.8 Å². The third-order valence-electron chi connectivity index (χ3n) is 7.57. The van der Waals surface area contributed by atoms with Crippen molar-refractivity contribution in [2.24, 2.45) is 7.05 Å². The molecule has 2 aliphatic rings. The zero-order chi connectivity index (χ0) is 29.2. The van der Waals surface area contributed by atoms with E-state index in [0.717, 1.165) is 16.7 Å². The van der Waals surface area contributed by atoms with E-state index in [1.165, 1.54) is 16.4 Å². The van der Waals surface area contributed by atoms with Crippen molar-refractivity contribution in [1.29, 1.82) is 0 Å². The molecule has 6 rings (SSSR count). The van der Waals surface area contributed by atoms with Crippen LogP contribution in [-0.2, 0) is 18.4 Å². The van der Waals surface area contributed by atoms with Crippen LogP contribution >= 0.6 is 11.8 Å². The van der Waals surface area contributed by atoms with E-state index in [-0.39, 0.29) is 40.9 Å². The van der Waals surface area contributed by atoms with E-state index in [2.05, 4.69) is 42.3 Å². The van der Waals surface area contributed by atoms with Gasteiger partial charge in [0.25, 0.3) is 16.7 Å². The van der Waals surface area contributed by atoms with Gasteiger partial charge in [0.15, 0.2) is 6.61 Å². The van der Waals surface area contributed by atoms with E-state index in [9.17, 15) is 9.59 Å². The lowest BCUT2D eigenvalue weighted by molar-refractivity contribution is -0.128. The quantitative estimate of drug-likeness (QED) is 0.275. The number of aromatic nitrogens is 6. The number of piperazine rings is 1. The van der Waals surface area contributed by atoms with Crippen LogP contribution in [0.25, 0.3) is 11.1 Å². The van der Waals surface area contributed by atoms with Gasteiger partial charge in [-0.05, 0) is 36.6 Å². The molecule has 1 aliphatic carbocycles. The first-order chi connectivity index (χ1) is 20.4. The minimum absolute atomic E-state index is 0.000183. The van der Waals surface area contributed by atoms with Crippen molar-refractivity contribution >= 4 is 34.8 Å². The smallest absolute Gasteiger partial charge is 0.277 e. The monoisotopic (exact) mass is 586 g/mol. The molecule has 42 heavy (non-hydrogen) atoms. The zero-order valence-electron chi connectivity index (χ0n) is 23.6. The molecule has 0 saturated carbocycles. The summed E-state index contributed by atoms with van der Waals surface area (Å²) in [6, 6.07) is 11.9. The highest BCUT2D eigenvalue weighted by atomic mass is 32.2. The van der Waals surface area contributed by atoms with E-state index < -0.39 is 0 Å². The molecule has 0 N–H and O–H groups in total. The summed E-state index contributed by atoms with van der Waals surface area (Å²) in [5.74, 6) is 1.42. The van der Waals surface area contributed by atoms with E-state index >= 15 is 0 Å². The van der Waals surface area contributed by atoms with Crippen molar-refractivity contribution in [3.8, 4) is 5.88 Å². The van der Waals surface area contributed by atoms with Gasteiger partial charge in [0.1, 0.15) is 0 Å². The molecule has 1 aliphatic heterocycles. The van der Waals surface area contributed by atoms with Gasteiger partial charge in [0, 0.05) is 51.5 Å². The number of nitrogens with zero attached hydrogens (tertiary/aromatic N) is 8. The third-order valence-corrected chi connectivity index (χ3v) is 8.37. The van der Waals surface area contributed by atoms with Gasteiger partial charge in [-0.3, -0.25) is 9.59 Å². The first kappa shape index (κ1) is 27.6. The normalized spacial score (nSPS) is 16.6. The Morgan fingerprint density at radius 2 is 1.71 bits per heavy atom. The second-order valence-corrected chi connectivity index (χ2v) is 11.1. The van der Waals surface area contributed by atoms with E-state index in [4.69, 9.17) is 9.15 Å². The van der Waals surface area contributed by atoms with Crippen molar-refractivity contribution in [2.75, 3.05) is 36.8 Å². The second-order valence-electron chi connectivity index (χ2n) is 10.1. The Balaban J connectivity index is 1.09. The number of carbonyl (C=O) groups excluding carboxylic acids is 1. The summed E-state index contributed by atoms with van der Waals surface area (Å²) in [7, 11) is 1.61. The molecule has 13 heteroatoms. The molecule has 1 amide bonds. The third kappa shape index (κ3) is 5.39. The Kier molecular flexibility index (Phi) is 7.74. The molecule has 3 aromatic heterocycles. The number of amides is 1. The van der Waals surface area contributed by atoms with Gasteiger partial charge < -0.3 is 19.0 Å². The number of ether oxygens (including phenoxy) is 1. The molecule has 0 spiro atoms. The molecule has 1 fully saturated rings. The number of thioether (sulfide) groups is 1. The Bertz CT molecular complexity index is 1780. The van der Waals surface area contributed by atoms with Crippen LogP contribution in [0.4, 0.5) is 5.95 Å². The highest BCUT2D eigenvalue weighted by Crippen LogP contribution is 2.34. The first-order valence-corrected chi connectivity index (χ1v) is 14.6. The molecule has 12 nitrogen and oxygen atoms in total. The van der Waals surface area contributed by atoms with Crippen LogP contribution < -0.4 is 25.6 Å². The Hall–Kier alpha value is -4.52. The van der Waals surface area contributed by atoms with E-state index in [1.807, 2.05) is 36.9 Å². The average molecular weight is 587 g/mol. The van der Waals surface area contributed by atoms with E-state index in [0.29, 0.717) is 48.4 Å². The Labute approximate surface area is 245 Å². The maximum atomic E-state index is 13.1. The number of hydrogen-bond acceptors (Lipinski definition) is 11. The number of carbonyl (C=O) groups is 1. The Morgan fingerprint density at radius 3 is 2.45 bits per heavy atom. The summed E-state index contributed by atoms with van der Waals surface area (Å²) in [5, 5.41) is 14.2. The minimum Gasteiger partial charge on any atom is -0.466 e. The van der Waals surface area contributed by atoms with Gasteiger partial charge in [-0.15, -0.1) is 15.3 Å². The lowest BCUT2D eigenvalue weighted by Crippen LogP contribution is -2.49. The highest BCUT2D eigenvalue weighted by Gasteiger charge is 2.27. The lowest BCUT2D eigenvalue weighted by Gasteiger charge is -2.34. The van der Waals surface area contributed by atoms with Crippen LogP contribution in [0.5, 0.6) is 5.88 Å². The van der Waals surface area contributed by atoms with Crippen LogP contribution in [-0.4, -0.2) is 72.7 Å². The van der Waals surface area contributed by atoms with Crippen LogP contribution in [0.1, 0.15) is 31.2 Å². The lowest BCUT2D eigenvalue weighted by atomic mass is 9.89. The summed E-state index contributed by atoms with van der Waals surface area (Å²) in [6.45, 7) is 6.50. The van der Waals surface area contributed by atoms with Crippen LogP contribution in [0.15, 0.2) is 63.2 Å². The maximum Gasteiger partial charge on any atom is 0.277 e. The highest BCUT2D eigenvalue weighted by molar-refractivity contribution is 7.99. The molecule has 1 unspecified atom stereocenters. The van der Waals surface area contributed by atoms with Crippen molar-refractivity contribution in [2.45, 2.75) is 31.6 Å². The summed E-state index contributed by atoms with van der Waals surface area (Å²) < 4.78 is 13.1. The summed E-state index contributed by atoms with van der Waals surface area (Å²) in [4.78, 5) is 38.3. The minimum atomic E-state index is -0.163. The number of benzene rings is 1. The number of aryl methyl sites for hydroxylation is 1. The standard InChI is InChI=1S/C29H30N8O4S/c1-18-23(20-8-5-4-6-9-20)19(2)25-24(18)26(34-35(3)27(25)39)40-16-21-32-33-29(41-21)42-17-22(38)36-12-14-37(15-13-36)28-30-10-7-11-31-28/h4-11,23H,12-17H2,1-3H3. The second kappa shape index (κ2) is 11.8. The topological polar surface area (TPSA) is 132 Å². The fourth-order valence-corrected chi connectivity index (χ4v) is 6.19. The fourth-order valence-electron chi connectivity index (χ4n) is 5.51. The van der Waals surface area contributed by atoms with Crippen LogP contribution in [0.3, 0.4) is 0 Å². The van der Waals surface area contributed by atoms with Crippen LogP contribution in [0.2, 0.25) is 0 Å². The molecular formula is C29H30N8O4S. The van der Waals surface area contributed by atoms with Crippen molar-refractivity contribution in [3.63, 3.8) is 0 Å². The molecule has 1 atom stereocenters. The molecule has 0 bridgehead atoms. The molecule has 1 saturated heterocycles. The largest absolute Gasteiger partial charge is 0.466 e. The SMILES string of the molecule is CC1=c2c(OCc3nnc(SCC(=O)N4CCN(c5ncccn5)CC4)o3)nn(C)c(=O)c2=C(C)C1c1ccccc1. The Morgan fingerprint density at radius 1 is 1.00 bits per heavy atom. The molecule has 216 valence electrons. The maximum absolute atomic E-state index is 13.1. The fraction of sp³-hybridized carbons (Fsp3) is 0.345. The van der Waals surface area contributed by atoms with Gasteiger partial charge >= 0.3 is 0 Å². The predicted molar refractivity (Wildman–Crippen MR) is 156 cm³/mol. The van der Waals surface area contributed by atoms with Gasteiger partial charge in [-0.2, -0.15) is 0 Å². The molecule has 4 aromatic rings. The molecular weight excluding hydrogens is 556 g/mol. The van der Waals surface area contributed by atoms with Gasteiger partial charge in [-0.25, -0.2) is 14.6 Å². The predicted octanol–water partition coefficient (Wildman–Crippen LogP) is 1.11. The van der Waals surface area contributed by atoms with Crippen molar-refractivity contribution in [3.05, 3.63) is 81.0 Å². The molecule has 4 heterocycles. The molecule has 0 radical (unpaired) electrons. The summed E-state index contributed by atoms with van der Waals surface area (Å²) in [5.41, 5.74) is 2.92. The van der Waals surface area contributed by atoms with Gasteiger partial charge in [0.05, 0.1) is 16.2 Å². The number of rotatable bonds is 8. The number of anilines is 1. The van der Waals surface area contributed by atoms with Gasteiger partial charge in [0.2, 0.25) is 17.7 Å². The zero-order valence-corrected chi connectivity index (χ0v) is 24.4. The molecule has 1 aromatic carbocycles. The van der Waals surface area contributed by atoms with Gasteiger partial charge in [-0.1, -0.05) is 42.1 Å². The summed E-state index contributed by atoms with van der Waals surface area (Å²) in [6.07, 6.45) is 3.43. The van der Waals surface area contributed by atoms with E-state index in [1.54, 1.807) is 25.5 Å². The van der Waals surface area contributed by atoms with Crippen molar-refractivity contribution < 1.29 is 13.9 Å².